The average molecular weight is 261 g/mol. The zero-order valence-corrected chi connectivity index (χ0v) is 11.9. The summed E-state index contributed by atoms with van der Waals surface area (Å²) in [4.78, 5) is 1.29. The molecule has 0 aliphatic heterocycles. The topological polar surface area (TPSA) is 29.9 Å². The predicted molar refractivity (Wildman–Crippen MR) is 78.1 cm³/mol. The summed E-state index contributed by atoms with van der Waals surface area (Å²) in [5, 5.41) is 7.88. The Balaban J connectivity index is 2.01. The van der Waals surface area contributed by atoms with Crippen LogP contribution in [-0.2, 0) is 20.0 Å². The van der Waals surface area contributed by atoms with Crippen LogP contribution in [0.3, 0.4) is 0 Å². The van der Waals surface area contributed by atoms with Crippen LogP contribution in [0.4, 0.5) is 5.69 Å². The van der Waals surface area contributed by atoms with Gasteiger partial charge in [-0.05, 0) is 36.9 Å². The van der Waals surface area contributed by atoms with Crippen LogP contribution in [0.25, 0.3) is 0 Å². The summed E-state index contributed by atoms with van der Waals surface area (Å²) in [7, 11) is 1.97. The maximum absolute atomic E-state index is 4.44. The SMILES string of the molecule is CCc1nn(C)cc1CNc1ccc(SC)cc1. The number of aryl methyl sites for hydroxylation is 2. The summed E-state index contributed by atoms with van der Waals surface area (Å²) in [6.07, 6.45) is 5.15. The summed E-state index contributed by atoms with van der Waals surface area (Å²) in [5.41, 5.74) is 3.60. The molecule has 1 N–H and O–H groups in total. The van der Waals surface area contributed by atoms with E-state index < -0.39 is 0 Å². The standard InChI is InChI=1S/C14H19N3S/c1-4-14-11(10-17(2)16-14)9-15-12-5-7-13(18-3)8-6-12/h5-8,10,15H,4,9H2,1-3H3. The predicted octanol–water partition coefficient (Wildman–Crippen LogP) is 3.32. The van der Waals surface area contributed by atoms with Crippen molar-refractivity contribution in [1.29, 1.82) is 0 Å². The monoisotopic (exact) mass is 261 g/mol. The molecular weight excluding hydrogens is 242 g/mol. The van der Waals surface area contributed by atoms with Gasteiger partial charge in [0, 0.05) is 35.9 Å². The van der Waals surface area contributed by atoms with Gasteiger partial charge in [0.25, 0.3) is 0 Å². The first-order valence-electron chi connectivity index (χ1n) is 6.12. The fourth-order valence-corrected chi connectivity index (χ4v) is 2.34. The highest BCUT2D eigenvalue weighted by atomic mass is 32.2. The van der Waals surface area contributed by atoms with Crippen molar-refractivity contribution < 1.29 is 0 Å². The number of anilines is 1. The van der Waals surface area contributed by atoms with Crippen molar-refractivity contribution in [2.45, 2.75) is 24.8 Å². The van der Waals surface area contributed by atoms with Crippen LogP contribution < -0.4 is 5.32 Å². The molecule has 0 aliphatic rings. The van der Waals surface area contributed by atoms with Crippen molar-refractivity contribution >= 4 is 17.4 Å². The Bertz CT molecular complexity index is 502. The third-order valence-corrected chi connectivity index (χ3v) is 3.64. The normalized spacial score (nSPS) is 10.6. The lowest BCUT2D eigenvalue weighted by molar-refractivity contribution is 0.746. The minimum atomic E-state index is 0.829. The summed E-state index contributed by atoms with van der Waals surface area (Å²) in [6.45, 7) is 2.97. The lowest BCUT2D eigenvalue weighted by Crippen LogP contribution is -2.00. The molecule has 0 spiro atoms. The zero-order valence-electron chi connectivity index (χ0n) is 11.1. The quantitative estimate of drug-likeness (QED) is 0.837. The third kappa shape index (κ3) is 3.07. The van der Waals surface area contributed by atoms with E-state index in [1.54, 1.807) is 11.8 Å². The number of rotatable bonds is 5. The summed E-state index contributed by atoms with van der Waals surface area (Å²) in [6, 6.07) is 8.51. The van der Waals surface area contributed by atoms with Gasteiger partial charge in [0.05, 0.1) is 5.69 Å². The highest BCUT2D eigenvalue weighted by Gasteiger charge is 2.05. The van der Waals surface area contributed by atoms with Crippen LogP contribution in [0.2, 0.25) is 0 Å². The van der Waals surface area contributed by atoms with Crippen molar-refractivity contribution in [3.63, 3.8) is 0 Å². The van der Waals surface area contributed by atoms with Gasteiger partial charge in [0.15, 0.2) is 0 Å². The molecule has 0 fully saturated rings. The Morgan fingerprint density at radius 3 is 2.61 bits per heavy atom. The molecule has 2 aromatic rings. The van der Waals surface area contributed by atoms with Gasteiger partial charge in [0.2, 0.25) is 0 Å². The Kier molecular flexibility index (Phi) is 4.31. The molecule has 18 heavy (non-hydrogen) atoms. The molecule has 0 radical (unpaired) electrons. The van der Waals surface area contributed by atoms with E-state index in [1.807, 2.05) is 11.7 Å². The number of hydrogen-bond acceptors (Lipinski definition) is 3. The van der Waals surface area contributed by atoms with E-state index in [9.17, 15) is 0 Å². The number of hydrogen-bond donors (Lipinski definition) is 1. The van der Waals surface area contributed by atoms with Gasteiger partial charge in [-0.15, -0.1) is 11.8 Å². The Morgan fingerprint density at radius 1 is 1.28 bits per heavy atom. The smallest absolute Gasteiger partial charge is 0.0671 e. The summed E-state index contributed by atoms with van der Waals surface area (Å²) >= 11 is 1.76. The van der Waals surface area contributed by atoms with Crippen molar-refractivity contribution in [3.05, 3.63) is 41.7 Å². The molecule has 0 saturated carbocycles. The zero-order chi connectivity index (χ0) is 13.0. The summed E-state index contributed by atoms with van der Waals surface area (Å²) in [5.74, 6) is 0. The number of benzene rings is 1. The minimum Gasteiger partial charge on any atom is -0.381 e. The highest BCUT2D eigenvalue weighted by molar-refractivity contribution is 7.98. The molecule has 0 bridgehead atoms. The van der Waals surface area contributed by atoms with Gasteiger partial charge in [-0.3, -0.25) is 4.68 Å². The third-order valence-electron chi connectivity index (χ3n) is 2.90. The first-order chi connectivity index (χ1) is 8.72. The van der Waals surface area contributed by atoms with Gasteiger partial charge in [0.1, 0.15) is 0 Å². The second kappa shape index (κ2) is 5.96. The Morgan fingerprint density at radius 2 is 2.00 bits per heavy atom. The Labute approximate surface area is 113 Å². The lowest BCUT2D eigenvalue weighted by Gasteiger charge is -2.06. The van der Waals surface area contributed by atoms with Crippen LogP contribution in [-0.4, -0.2) is 16.0 Å². The van der Waals surface area contributed by atoms with Crippen LogP contribution >= 0.6 is 11.8 Å². The average Bonchev–Trinajstić information content (AvgIpc) is 2.77. The second-order valence-electron chi connectivity index (χ2n) is 4.21. The second-order valence-corrected chi connectivity index (χ2v) is 5.09. The van der Waals surface area contributed by atoms with Crippen LogP contribution in [0.5, 0.6) is 0 Å². The van der Waals surface area contributed by atoms with Crippen molar-refractivity contribution in [2.24, 2.45) is 7.05 Å². The molecular formula is C14H19N3S. The molecule has 0 amide bonds. The molecule has 1 aromatic heterocycles. The fraction of sp³-hybridized carbons (Fsp3) is 0.357. The molecule has 0 saturated heterocycles. The number of nitrogens with zero attached hydrogens (tertiary/aromatic N) is 2. The van der Waals surface area contributed by atoms with Gasteiger partial charge in [-0.1, -0.05) is 6.92 Å². The van der Waals surface area contributed by atoms with Gasteiger partial charge in [-0.2, -0.15) is 5.10 Å². The minimum absolute atomic E-state index is 0.829. The number of nitrogens with one attached hydrogen (secondary N) is 1. The maximum atomic E-state index is 4.44. The van der Waals surface area contributed by atoms with E-state index in [2.05, 4.69) is 54.1 Å². The van der Waals surface area contributed by atoms with Crippen LogP contribution in [0.15, 0.2) is 35.4 Å². The molecule has 1 heterocycles. The van der Waals surface area contributed by atoms with Gasteiger partial charge < -0.3 is 5.32 Å². The van der Waals surface area contributed by atoms with E-state index >= 15 is 0 Å². The molecule has 96 valence electrons. The van der Waals surface area contributed by atoms with E-state index in [0.717, 1.165) is 18.7 Å². The first-order valence-corrected chi connectivity index (χ1v) is 7.34. The molecule has 3 nitrogen and oxygen atoms in total. The number of aromatic nitrogens is 2. The van der Waals surface area contributed by atoms with E-state index in [0.29, 0.717) is 0 Å². The molecule has 2 rings (SSSR count). The number of thioether (sulfide) groups is 1. The van der Waals surface area contributed by atoms with E-state index in [-0.39, 0.29) is 0 Å². The van der Waals surface area contributed by atoms with E-state index in [4.69, 9.17) is 0 Å². The van der Waals surface area contributed by atoms with Gasteiger partial charge in [-0.25, -0.2) is 0 Å². The summed E-state index contributed by atoms with van der Waals surface area (Å²) < 4.78 is 1.88. The van der Waals surface area contributed by atoms with Crippen molar-refractivity contribution in [2.75, 3.05) is 11.6 Å². The Hall–Kier alpha value is -1.42. The molecule has 1 aromatic carbocycles. The van der Waals surface area contributed by atoms with Crippen LogP contribution in [0.1, 0.15) is 18.2 Å². The maximum Gasteiger partial charge on any atom is 0.0671 e. The van der Waals surface area contributed by atoms with E-state index in [1.165, 1.54) is 16.2 Å². The molecule has 4 heteroatoms. The molecule has 0 atom stereocenters. The fourth-order valence-electron chi connectivity index (χ4n) is 1.94. The first kappa shape index (κ1) is 13.0. The highest BCUT2D eigenvalue weighted by Crippen LogP contribution is 2.18. The lowest BCUT2D eigenvalue weighted by atomic mass is 10.2. The molecule has 0 unspecified atom stereocenters. The van der Waals surface area contributed by atoms with Crippen molar-refractivity contribution in [1.82, 2.24) is 9.78 Å². The van der Waals surface area contributed by atoms with Gasteiger partial charge >= 0.3 is 0 Å². The largest absolute Gasteiger partial charge is 0.381 e. The van der Waals surface area contributed by atoms with Crippen LogP contribution in [0, 0.1) is 0 Å². The van der Waals surface area contributed by atoms with Crippen molar-refractivity contribution in [3.8, 4) is 0 Å². The molecule has 0 aliphatic carbocycles.